The standard InChI is InChI=1S/C10H14O2.2C9H13N.C8H8Cl2.C8H10ClN/c1-7-4-10(12-3)5-9(6-11)8(7)2;1-6-4-9(10)5-7(2)8(6)3;1-6-4-5-9(10)8(3)7(6)2;1-5-3-4-7(9)6(2)8(5)10;1-5-3-7(10)4-8(9)6(5)2/h4-5,11H,6H2,1-3H3;2*4-5H,10H2,1-3H3;3-4H,1-2H3;3-4H,10H2,1-2H3. The van der Waals surface area contributed by atoms with Crippen molar-refractivity contribution in [3.63, 3.8) is 0 Å². The maximum absolute atomic E-state index is 9.01. The molecule has 5 rings (SSSR count). The van der Waals surface area contributed by atoms with Gasteiger partial charge in [-0.3, -0.25) is 0 Å². The number of hydrogen-bond acceptors (Lipinski definition) is 5. The van der Waals surface area contributed by atoms with Crippen molar-refractivity contribution in [2.75, 3.05) is 24.3 Å². The summed E-state index contributed by atoms with van der Waals surface area (Å²) < 4.78 is 5.08. The second-order valence-corrected chi connectivity index (χ2v) is 14.3. The predicted molar refractivity (Wildman–Crippen MR) is 230 cm³/mol. The van der Waals surface area contributed by atoms with E-state index >= 15 is 0 Å². The minimum absolute atomic E-state index is 0.0733. The fraction of sp³-hybridized carbons (Fsp3) is 0.318. The summed E-state index contributed by atoms with van der Waals surface area (Å²) in [7, 11) is 1.63. The monoisotopic (exact) mass is 765 g/mol. The van der Waals surface area contributed by atoms with E-state index in [0.717, 1.165) is 76.8 Å². The first-order valence-electron chi connectivity index (χ1n) is 17.0. The van der Waals surface area contributed by atoms with Crippen LogP contribution in [0.4, 0.5) is 17.1 Å². The molecule has 0 saturated heterocycles. The van der Waals surface area contributed by atoms with Crippen LogP contribution in [0.5, 0.6) is 5.75 Å². The Balaban J connectivity index is 0.000000326. The summed E-state index contributed by atoms with van der Waals surface area (Å²) in [5.74, 6) is 0.808. The van der Waals surface area contributed by atoms with E-state index in [4.69, 9.17) is 61.8 Å². The second-order valence-electron chi connectivity index (χ2n) is 13.1. The molecule has 0 aliphatic rings. The van der Waals surface area contributed by atoms with Crippen molar-refractivity contribution >= 4 is 51.9 Å². The zero-order valence-electron chi connectivity index (χ0n) is 33.2. The number of aliphatic hydroxyl groups is 1. The summed E-state index contributed by atoms with van der Waals surface area (Å²) >= 11 is 17.5. The molecular weight excluding hydrogens is 709 g/mol. The number of aryl methyl sites for hydroxylation is 6. The van der Waals surface area contributed by atoms with Crippen molar-refractivity contribution in [1.29, 1.82) is 0 Å². The molecule has 52 heavy (non-hydrogen) atoms. The number of methoxy groups -OCH3 is 1. The smallest absolute Gasteiger partial charge is 0.119 e. The highest BCUT2D eigenvalue weighted by Gasteiger charge is 2.04. The number of rotatable bonds is 2. The minimum atomic E-state index is 0.0733. The molecule has 7 N–H and O–H groups in total. The fourth-order valence-electron chi connectivity index (χ4n) is 4.86. The van der Waals surface area contributed by atoms with Gasteiger partial charge in [-0.2, -0.15) is 0 Å². The Hall–Kier alpha value is -3.87. The molecule has 0 amide bonds. The van der Waals surface area contributed by atoms with E-state index in [1.54, 1.807) is 13.2 Å². The Bertz CT molecular complexity index is 1740. The second kappa shape index (κ2) is 21.6. The predicted octanol–water partition coefficient (Wildman–Crippen LogP) is 12.3. The maximum atomic E-state index is 9.01. The SMILES string of the molecule is COc1cc(C)c(C)c(CO)c1.Cc1cc(N)cc(C)c1C.Cc1cc(N)cc(Cl)c1C.Cc1ccc(Cl)c(C)c1Cl.Cc1ccc(N)c(C)c1C. The molecule has 5 aromatic carbocycles. The highest BCUT2D eigenvalue weighted by atomic mass is 35.5. The first kappa shape index (κ1) is 46.2. The number of nitrogens with two attached hydrogens (primary N) is 3. The van der Waals surface area contributed by atoms with Gasteiger partial charge in [-0.25, -0.2) is 0 Å². The van der Waals surface area contributed by atoms with Crippen LogP contribution in [0, 0.1) is 83.1 Å². The zero-order chi connectivity index (χ0) is 40.0. The first-order valence-corrected chi connectivity index (χ1v) is 18.1. The minimum Gasteiger partial charge on any atom is -0.497 e. The van der Waals surface area contributed by atoms with E-state index in [9.17, 15) is 0 Å². The van der Waals surface area contributed by atoms with Crippen LogP contribution in [0.1, 0.15) is 72.3 Å². The van der Waals surface area contributed by atoms with Gasteiger partial charge < -0.3 is 27.0 Å². The van der Waals surface area contributed by atoms with Gasteiger partial charge in [-0.15, -0.1) is 0 Å². The number of ether oxygens (including phenoxy) is 1. The summed E-state index contributed by atoms with van der Waals surface area (Å²) in [4.78, 5) is 0. The summed E-state index contributed by atoms with van der Waals surface area (Å²) in [6.45, 7) is 24.5. The van der Waals surface area contributed by atoms with Crippen molar-refractivity contribution in [3.05, 3.63) is 148 Å². The van der Waals surface area contributed by atoms with Crippen LogP contribution < -0.4 is 21.9 Å². The summed E-state index contributed by atoms with van der Waals surface area (Å²) in [5.41, 5.74) is 34.6. The van der Waals surface area contributed by atoms with Gasteiger partial charge in [0.05, 0.1) is 13.7 Å². The molecule has 0 fully saturated rings. The maximum Gasteiger partial charge on any atom is 0.119 e. The fourth-order valence-corrected chi connectivity index (χ4v) is 5.51. The summed E-state index contributed by atoms with van der Waals surface area (Å²) in [5, 5.41) is 11.3. The molecule has 0 radical (unpaired) electrons. The highest BCUT2D eigenvalue weighted by Crippen LogP contribution is 2.26. The Labute approximate surface area is 328 Å². The Morgan fingerprint density at radius 2 is 0.962 bits per heavy atom. The number of aliphatic hydroxyl groups excluding tert-OH is 1. The highest BCUT2D eigenvalue weighted by molar-refractivity contribution is 6.36. The van der Waals surface area contributed by atoms with Gasteiger partial charge >= 0.3 is 0 Å². The third kappa shape index (κ3) is 13.9. The van der Waals surface area contributed by atoms with E-state index in [-0.39, 0.29) is 6.61 Å². The zero-order valence-corrected chi connectivity index (χ0v) is 35.5. The molecule has 5 nitrogen and oxygen atoms in total. The quantitative estimate of drug-likeness (QED) is 0.134. The van der Waals surface area contributed by atoms with Gasteiger partial charge in [0.25, 0.3) is 0 Å². The molecule has 0 saturated carbocycles. The molecule has 282 valence electrons. The lowest BCUT2D eigenvalue weighted by Crippen LogP contribution is -1.94. The third-order valence-electron chi connectivity index (χ3n) is 9.34. The molecule has 0 unspecified atom stereocenters. The molecule has 0 heterocycles. The van der Waals surface area contributed by atoms with Crippen LogP contribution in [-0.4, -0.2) is 12.2 Å². The van der Waals surface area contributed by atoms with Gasteiger partial charge in [0.2, 0.25) is 0 Å². The van der Waals surface area contributed by atoms with Crippen LogP contribution in [0.2, 0.25) is 15.1 Å². The topological polar surface area (TPSA) is 108 Å². The van der Waals surface area contributed by atoms with Gasteiger partial charge in [0, 0.05) is 32.1 Å². The summed E-state index contributed by atoms with van der Waals surface area (Å²) in [6, 6.07) is 19.3. The normalized spacial score (nSPS) is 9.94. The number of nitrogen functional groups attached to an aromatic ring is 3. The third-order valence-corrected chi connectivity index (χ3v) is 10.7. The Kier molecular flexibility index (Phi) is 19.2. The number of anilines is 3. The lowest BCUT2D eigenvalue weighted by molar-refractivity contribution is 0.280. The molecule has 0 aliphatic heterocycles. The van der Waals surface area contributed by atoms with Crippen LogP contribution in [-0.2, 0) is 6.61 Å². The van der Waals surface area contributed by atoms with Crippen molar-refractivity contribution in [2.45, 2.75) is 89.7 Å². The molecular formula is C44H58Cl3N3O2. The van der Waals surface area contributed by atoms with E-state index in [1.807, 2.05) is 90.1 Å². The van der Waals surface area contributed by atoms with Crippen molar-refractivity contribution in [3.8, 4) is 5.75 Å². The number of hydrogen-bond donors (Lipinski definition) is 4. The first-order chi connectivity index (χ1) is 24.2. The van der Waals surface area contributed by atoms with Crippen molar-refractivity contribution in [1.82, 2.24) is 0 Å². The molecule has 0 atom stereocenters. The molecule has 5 aromatic rings. The molecule has 8 heteroatoms. The van der Waals surface area contributed by atoms with Crippen LogP contribution in [0.15, 0.2) is 60.7 Å². The van der Waals surface area contributed by atoms with E-state index in [1.165, 1.54) is 33.4 Å². The summed E-state index contributed by atoms with van der Waals surface area (Å²) in [6.07, 6.45) is 0. The molecule has 0 bridgehead atoms. The van der Waals surface area contributed by atoms with Gasteiger partial charge in [-0.1, -0.05) is 46.9 Å². The Morgan fingerprint density at radius 3 is 1.42 bits per heavy atom. The van der Waals surface area contributed by atoms with Crippen LogP contribution in [0.25, 0.3) is 0 Å². The number of benzene rings is 5. The van der Waals surface area contributed by atoms with Gasteiger partial charge in [0.15, 0.2) is 0 Å². The van der Waals surface area contributed by atoms with Gasteiger partial charge in [-0.05, 0) is 204 Å². The largest absolute Gasteiger partial charge is 0.497 e. The molecule has 0 aromatic heterocycles. The van der Waals surface area contributed by atoms with Crippen molar-refractivity contribution in [2.24, 2.45) is 0 Å². The lowest BCUT2D eigenvalue weighted by Gasteiger charge is -2.08. The molecule has 0 spiro atoms. The lowest BCUT2D eigenvalue weighted by atomic mass is 10.0. The van der Waals surface area contributed by atoms with E-state index in [0.29, 0.717) is 0 Å². The molecule has 0 aliphatic carbocycles. The number of halogens is 3. The average molecular weight is 767 g/mol. The van der Waals surface area contributed by atoms with Gasteiger partial charge in [0.1, 0.15) is 5.75 Å². The Morgan fingerprint density at radius 1 is 0.481 bits per heavy atom. The van der Waals surface area contributed by atoms with Crippen molar-refractivity contribution < 1.29 is 9.84 Å². The van der Waals surface area contributed by atoms with Crippen LogP contribution >= 0.6 is 34.8 Å². The van der Waals surface area contributed by atoms with E-state index in [2.05, 4.69) is 47.6 Å². The van der Waals surface area contributed by atoms with Crippen LogP contribution in [0.3, 0.4) is 0 Å². The average Bonchev–Trinajstić information content (AvgIpc) is 3.09. The van der Waals surface area contributed by atoms with E-state index < -0.39 is 0 Å².